The van der Waals surface area contributed by atoms with Gasteiger partial charge >= 0.3 is 0 Å². The summed E-state index contributed by atoms with van der Waals surface area (Å²) in [6.45, 7) is 11.0. The van der Waals surface area contributed by atoms with Gasteiger partial charge in [0.25, 0.3) is 0 Å². The maximum absolute atomic E-state index is 13.6. The van der Waals surface area contributed by atoms with Gasteiger partial charge in [-0.1, -0.05) is 27.7 Å². The highest BCUT2D eigenvalue weighted by atomic mass is 32.2. The molecule has 2 rings (SSSR count). The Morgan fingerprint density at radius 1 is 0.720 bits per heavy atom. The Bertz CT molecular complexity index is 840. The van der Waals surface area contributed by atoms with Gasteiger partial charge in [-0.05, 0) is 72.2 Å². The van der Waals surface area contributed by atoms with Crippen LogP contribution in [0.5, 0.6) is 11.5 Å². The first-order valence-electron chi connectivity index (χ1n) is 8.38. The lowest BCUT2D eigenvalue weighted by Crippen LogP contribution is -2.13. The number of aryl methyl sites for hydroxylation is 2. The van der Waals surface area contributed by atoms with Crippen molar-refractivity contribution in [2.45, 2.75) is 63.2 Å². The molecule has 0 saturated carbocycles. The monoisotopic (exact) mass is 362 g/mol. The predicted molar refractivity (Wildman–Crippen MR) is 99.3 cm³/mol. The molecule has 0 aliphatic rings. The summed E-state index contributed by atoms with van der Waals surface area (Å²) in [5, 5.41) is 19.8. The van der Waals surface area contributed by atoms with Crippen molar-refractivity contribution >= 4 is 9.84 Å². The van der Waals surface area contributed by atoms with Gasteiger partial charge in [-0.2, -0.15) is 0 Å². The number of aromatic hydroxyl groups is 2. The van der Waals surface area contributed by atoms with Crippen LogP contribution in [0.25, 0.3) is 0 Å². The van der Waals surface area contributed by atoms with Crippen molar-refractivity contribution in [2.24, 2.45) is 0 Å². The molecule has 0 aromatic heterocycles. The van der Waals surface area contributed by atoms with Crippen molar-refractivity contribution in [2.75, 3.05) is 0 Å². The molecule has 0 atom stereocenters. The number of hydrogen-bond acceptors (Lipinski definition) is 4. The summed E-state index contributed by atoms with van der Waals surface area (Å²) >= 11 is 0. The first-order valence-corrected chi connectivity index (χ1v) is 9.87. The van der Waals surface area contributed by atoms with Gasteiger partial charge in [0.2, 0.25) is 9.84 Å². The van der Waals surface area contributed by atoms with E-state index < -0.39 is 9.84 Å². The summed E-state index contributed by atoms with van der Waals surface area (Å²) in [5.74, 6) is 0.00399. The first kappa shape index (κ1) is 19.3. The molecule has 0 radical (unpaired) electrons. The van der Waals surface area contributed by atoms with E-state index in [1.54, 1.807) is 13.8 Å². The van der Waals surface area contributed by atoms with Crippen molar-refractivity contribution < 1.29 is 18.6 Å². The molecule has 2 N–H and O–H groups in total. The summed E-state index contributed by atoms with van der Waals surface area (Å²) in [6.07, 6.45) is 0. The van der Waals surface area contributed by atoms with Crippen molar-refractivity contribution in [1.29, 1.82) is 0 Å². The quantitative estimate of drug-likeness (QED) is 0.820. The second-order valence-electron chi connectivity index (χ2n) is 7.17. The largest absolute Gasteiger partial charge is 0.508 e. The van der Waals surface area contributed by atoms with Gasteiger partial charge in [0.05, 0.1) is 9.79 Å². The van der Waals surface area contributed by atoms with Crippen LogP contribution in [0, 0.1) is 13.8 Å². The summed E-state index contributed by atoms with van der Waals surface area (Å²) in [4.78, 5) is 0.493. The van der Waals surface area contributed by atoms with E-state index in [1.165, 1.54) is 24.3 Å². The maximum atomic E-state index is 13.6. The van der Waals surface area contributed by atoms with Crippen molar-refractivity contribution in [1.82, 2.24) is 0 Å². The number of hydrogen-bond donors (Lipinski definition) is 2. The van der Waals surface area contributed by atoms with Crippen LogP contribution in [0.15, 0.2) is 34.1 Å². The van der Waals surface area contributed by atoms with Crippen LogP contribution in [0.3, 0.4) is 0 Å². The average Bonchev–Trinajstić information content (AvgIpc) is 2.44. The van der Waals surface area contributed by atoms with E-state index in [9.17, 15) is 18.6 Å². The van der Waals surface area contributed by atoms with Gasteiger partial charge in [0, 0.05) is 0 Å². The van der Waals surface area contributed by atoms with Crippen LogP contribution in [0.2, 0.25) is 0 Å². The zero-order valence-corrected chi connectivity index (χ0v) is 16.4. The van der Waals surface area contributed by atoms with Crippen LogP contribution in [-0.4, -0.2) is 18.6 Å². The van der Waals surface area contributed by atoms with E-state index in [0.29, 0.717) is 22.3 Å². The van der Waals surface area contributed by atoms with E-state index in [1.807, 2.05) is 27.7 Å². The summed E-state index contributed by atoms with van der Waals surface area (Å²) < 4.78 is 27.2. The van der Waals surface area contributed by atoms with Gasteiger partial charge in [0.15, 0.2) is 0 Å². The number of rotatable bonds is 4. The van der Waals surface area contributed by atoms with Crippen molar-refractivity contribution in [3.8, 4) is 11.5 Å². The summed E-state index contributed by atoms with van der Waals surface area (Å²) in [6, 6.07) is 6.00. The Morgan fingerprint density at radius 3 is 1.32 bits per heavy atom. The average molecular weight is 362 g/mol. The molecule has 2 aromatic carbocycles. The molecule has 0 heterocycles. The fraction of sp³-hybridized carbons (Fsp3) is 0.400. The molecule has 0 saturated heterocycles. The minimum absolute atomic E-state index is 0.0597. The van der Waals surface area contributed by atoms with Crippen LogP contribution in [0.1, 0.15) is 61.8 Å². The second-order valence-corrected chi connectivity index (χ2v) is 9.00. The molecule has 0 aliphatic carbocycles. The van der Waals surface area contributed by atoms with E-state index in [-0.39, 0.29) is 33.1 Å². The molecular weight excluding hydrogens is 336 g/mol. The molecular formula is C20H26O4S. The van der Waals surface area contributed by atoms with Crippen LogP contribution >= 0.6 is 0 Å². The molecule has 0 fully saturated rings. The number of phenolic OH excluding ortho intramolecular Hbond substituents is 2. The zero-order chi connectivity index (χ0) is 19.1. The maximum Gasteiger partial charge on any atom is 0.207 e. The van der Waals surface area contributed by atoms with Crippen LogP contribution < -0.4 is 0 Å². The van der Waals surface area contributed by atoms with Crippen LogP contribution in [-0.2, 0) is 9.84 Å². The standard InChI is InChI=1S/C20H26O4S/c1-11(2)17-9-15(21)7-13(5)19(17)25(23,24)20-14(6)8-16(22)10-18(20)12(3)4/h7-12,21-22H,1-6H3. The molecule has 4 nitrogen and oxygen atoms in total. The predicted octanol–water partition coefficient (Wildman–Crippen LogP) is 4.79. The first-order chi connectivity index (χ1) is 11.5. The normalized spacial score (nSPS) is 12.2. The second kappa shape index (κ2) is 6.71. The van der Waals surface area contributed by atoms with Gasteiger partial charge in [-0.25, -0.2) is 8.42 Å². The lowest BCUT2D eigenvalue weighted by atomic mass is 10.00. The topological polar surface area (TPSA) is 74.6 Å². The van der Waals surface area contributed by atoms with E-state index in [0.717, 1.165) is 0 Å². The van der Waals surface area contributed by atoms with E-state index in [2.05, 4.69) is 0 Å². The summed E-state index contributed by atoms with van der Waals surface area (Å²) in [7, 11) is -3.81. The van der Waals surface area contributed by atoms with Gasteiger partial charge in [0.1, 0.15) is 11.5 Å². The SMILES string of the molecule is Cc1cc(O)cc(C(C)C)c1S(=O)(=O)c1c(C)cc(O)cc1C(C)C. The van der Waals surface area contributed by atoms with Gasteiger partial charge in [-0.3, -0.25) is 0 Å². The molecule has 2 aromatic rings. The van der Waals surface area contributed by atoms with Crippen molar-refractivity contribution in [3.63, 3.8) is 0 Å². The van der Waals surface area contributed by atoms with Gasteiger partial charge in [-0.15, -0.1) is 0 Å². The molecule has 0 aliphatic heterocycles. The molecule has 25 heavy (non-hydrogen) atoms. The fourth-order valence-electron chi connectivity index (χ4n) is 3.26. The molecule has 0 unspecified atom stereocenters. The highest BCUT2D eigenvalue weighted by Crippen LogP contribution is 2.39. The van der Waals surface area contributed by atoms with Gasteiger partial charge < -0.3 is 10.2 Å². The highest BCUT2D eigenvalue weighted by molar-refractivity contribution is 7.91. The molecule has 5 heteroatoms. The third-order valence-corrected chi connectivity index (χ3v) is 6.55. The zero-order valence-electron chi connectivity index (χ0n) is 15.6. The molecule has 0 spiro atoms. The molecule has 136 valence electrons. The van der Waals surface area contributed by atoms with E-state index >= 15 is 0 Å². The highest BCUT2D eigenvalue weighted by Gasteiger charge is 2.30. The third kappa shape index (κ3) is 3.52. The third-order valence-electron chi connectivity index (χ3n) is 4.36. The van der Waals surface area contributed by atoms with E-state index in [4.69, 9.17) is 0 Å². The Balaban J connectivity index is 2.91. The van der Waals surface area contributed by atoms with Crippen LogP contribution in [0.4, 0.5) is 0 Å². The molecule has 0 amide bonds. The Kier molecular flexibility index (Phi) is 5.19. The Labute approximate surface area is 150 Å². The number of phenols is 2. The lowest BCUT2D eigenvalue weighted by Gasteiger charge is -2.21. The Morgan fingerprint density at radius 2 is 1.04 bits per heavy atom. The summed E-state index contributed by atoms with van der Waals surface area (Å²) in [5.41, 5.74) is 2.23. The minimum atomic E-state index is -3.81. The van der Waals surface area contributed by atoms with Crippen molar-refractivity contribution in [3.05, 3.63) is 46.5 Å². The number of benzene rings is 2. The smallest absolute Gasteiger partial charge is 0.207 e. The fourth-order valence-corrected chi connectivity index (χ4v) is 5.64. The molecule has 0 bridgehead atoms. The Hall–Kier alpha value is -2.01. The lowest BCUT2D eigenvalue weighted by molar-refractivity contribution is 0.472. The minimum Gasteiger partial charge on any atom is -0.508 e. The number of sulfone groups is 1.